The van der Waals surface area contributed by atoms with Gasteiger partial charge in [-0.2, -0.15) is 0 Å². The van der Waals surface area contributed by atoms with Crippen LogP contribution in [-0.4, -0.2) is 13.1 Å². The number of fused-ring (bicyclic) bond motifs is 3. The number of hydrogen-bond acceptors (Lipinski definition) is 3. The number of ether oxygens (including phenoxy) is 2. The highest BCUT2D eigenvalue weighted by atomic mass is 16.5. The Morgan fingerprint density at radius 1 is 1.41 bits per heavy atom. The number of esters is 1. The van der Waals surface area contributed by atoms with Gasteiger partial charge >= 0.3 is 5.97 Å². The van der Waals surface area contributed by atoms with Crippen LogP contribution in [0.1, 0.15) is 17.9 Å². The van der Waals surface area contributed by atoms with Crippen molar-refractivity contribution in [1.29, 1.82) is 0 Å². The number of hydrogen-bond donors (Lipinski definition) is 0. The highest BCUT2D eigenvalue weighted by Crippen LogP contribution is 2.45. The third kappa shape index (κ3) is 1.46. The van der Waals surface area contributed by atoms with Crippen molar-refractivity contribution >= 4 is 5.97 Å². The molecular weight excluding hydrogens is 216 g/mol. The summed E-state index contributed by atoms with van der Waals surface area (Å²) in [6.07, 6.45) is 4.64. The van der Waals surface area contributed by atoms with E-state index in [2.05, 4.69) is 0 Å². The molecule has 1 aromatic rings. The zero-order valence-corrected chi connectivity index (χ0v) is 9.47. The van der Waals surface area contributed by atoms with Gasteiger partial charge in [0, 0.05) is 5.56 Å². The Kier molecular flexibility index (Phi) is 2.25. The molecule has 3 nitrogen and oxygen atoms in total. The summed E-state index contributed by atoms with van der Waals surface area (Å²) < 4.78 is 10.5. The van der Waals surface area contributed by atoms with Crippen LogP contribution in [-0.2, 0) is 9.53 Å². The van der Waals surface area contributed by atoms with Gasteiger partial charge in [0.2, 0.25) is 0 Å². The molecule has 1 atom stereocenters. The fraction of sp³-hybridized carbons (Fsp3) is 0.214. The van der Waals surface area contributed by atoms with E-state index in [1.54, 1.807) is 6.08 Å². The van der Waals surface area contributed by atoms with Crippen molar-refractivity contribution in [3.05, 3.63) is 53.3 Å². The molecular formula is C14H12O3. The monoisotopic (exact) mass is 228 g/mol. The van der Waals surface area contributed by atoms with Gasteiger partial charge in [-0.1, -0.05) is 24.3 Å². The average molecular weight is 228 g/mol. The molecule has 0 spiro atoms. The van der Waals surface area contributed by atoms with Crippen molar-refractivity contribution in [2.24, 2.45) is 0 Å². The van der Waals surface area contributed by atoms with Crippen LogP contribution < -0.4 is 4.74 Å². The molecule has 1 aliphatic carbocycles. The molecule has 2 aliphatic rings. The number of methoxy groups -OCH3 is 1. The number of carbonyl (C=O) groups excluding carboxylic acids is 1. The molecule has 3 rings (SSSR count). The van der Waals surface area contributed by atoms with Gasteiger partial charge in [-0.05, 0) is 18.6 Å². The second-order valence-electron chi connectivity index (χ2n) is 4.10. The summed E-state index contributed by atoms with van der Waals surface area (Å²) in [6, 6.07) is 7.89. The fourth-order valence-corrected chi connectivity index (χ4v) is 2.35. The first kappa shape index (κ1) is 10.1. The largest absolute Gasteiger partial charge is 0.465 e. The van der Waals surface area contributed by atoms with E-state index in [1.165, 1.54) is 7.11 Å². The lowest BCUT2D eigenvalue weighted by Crippen LogP contribution is -2.13. The van der Waals surface area contributed by atoms with E-state index in [0.717, 1.165) is 23.5 Å². The molecule has 0 saturated carbocycles. The van der Waals surface area contributed by atoms with Gasteiger partial charge in [-0.3, -0.25) is 0 Å². The van der Waals surface area contributed by atoms with Gasteiger partial charge in [0.25, 0.3) is 0 Å². The minimum Gasteiger partial charge on any atom is -0.465 e. The SMILES string of the molecule is COC(=O)C1=C2Oc3ccccc3C2CC=C1. The van der Waals surface area contributed by atoms with Gasteiger partial charge in [-0.15, -0.1) is 0 Å². The molecule has 0 bridgehead atoms. The minimum absolute atomic E-state index is 0.158. The number of para-hydroxylation sites is 1. The first-order chi connectivity index (χ1) is 8.31. The topological polar surface area (TPSA) is 35.5 Å². The van der Waals surface area contributed by atoms with Gasteiger partial charge < -0.3 is 9.47 Å². The Hall–Kier alpha value is -2.03. The van der Waals surface area contributed by atoms with Crippen molar-refractivity contribution in [1.82, 2.24) is 0 Å². The lowest BCUT2D eigenvalue weighted by atomic mass is 9.89. The summed E-state index contributed by atoms with van der Waals surface area (Å²) in [4.78, 5) is 11.6. The molecule has 0 aromatic heterocycles. The number of rotatable bonds is 1. The summed E-state index contributed by atoms with van der Waals surface area (Å²) in [5.74, 6) is 1.39. The normalized spacial score (nSPS) is 20.6. The Morgan fingerprint density at radius 3 is 3.06 bits per heavy atom. The van der Waals surface area contributed by atoms with Crippen molar-refractivity contribution in [2.45, 2.75) is 12.3 Å². The van der Waals surface area contributed by atoms with E-state index in [9.17, 15) is 4.79 Å². The standard InChI is InChI=1S/C14H12O3/c1-16-14(15)11-7-4-6-10-9-5-2-3-8-12(9)17-13(10)11/h2-5,7-8,10H,6H2,1H3. The lowest BCUT2D eigenvalue weighted by Gasteiger charge is -2.15. The quantitative estimate of drug-likeness (QED) is 0.693. The minimum atomic E-state index is -0.339. The number of allylic oxidation sites excluding steroid dienone is 2. The molecule has 1 aliphatic heterocycles. The Bertz CT molecular complexity index is 540. The number of benzene rings is 1. The third-order valence-electron chi connectivity index (χ3n) is 3.16. The molecule has 3 heteroatoms. The van der Waals surface area contributed by atoms with Crippen molar-refractivity contribution < 1.29 is 14.3 Å². The molecule has 0 fully saturated rings. The zero-order chi connectivity index (χ0) is 11.8. The van der Waals surface area contributed by atoms with Crippen molar-refractivity contribution in [3.8, 4) is 5.75 Å². The lowest BCUT2D eigenvalue weighted by molar-refractivity contribution is -0.135. The zero-order valence-electron chi connectivity index (χ0n) is 9.47. The van der Waals surface area contributed by atoms with Crippen LogP contribution in [0.2, 0.25) is 0 Å². The molecule has 0 amide bonds. The van der Waals surface area contributed by atoms with Crippen LogP contribution in [0.15, 0.2) is 47.7 Å². The molecule has 1 unspecified atom stereocenters. The first-order valence-electron chi connectivity index (χ1n) is 5.57. The maximum absolute atomic E-state index is 11.6. The van der Waals surface area contributed by atoms with E-state index in [-0.39, 0.29) is 11.9 Å². The summed E-state index contributed by atoms with van der Waals surface area (Å²) in [6.45, 7) is 0. The van der Waals surface area contributed by atoms with Gasteiger partial charge in [0.05, 0.1) is 18.6 Å². The summed E-state index contributed by atoms with van der Waals surface area (Å²) in [5.41, 5.74) is 1.67. The summed E-state index contributed by atoms with van der Waals surface area (Å²) >= 11 is 0. The predicted octanol–water partition coefficient (Wildman–Crippen LogP) is 2.55. The smallest absolute Gasteiger partial charge is 0.341 e. The van der Waals surface area contributed by atoms with Crippen molar-refractivity contribution in [3.63, 3.8) is 0 Å². The maximum Gasteiger partial charge on any atom is 0.341 e. The van der Waals surface area contributed by atoms with E-state index in [1.807, 2.05) is 30.3 Å². The van der Waals surface area contributed by atoms with E-state index < -0.39 is 0 Å². The summed E-state index contributed by atoms with van der Waals surface area (Å²) in [7, 11) is 1.38. The fourth-order valence-electron chi connectivity index (χ4n) is 2.35. The molecule has 0 radical (unpaired) electrons. The van der Waals surface area contributed by atoms with Gasteiger partial charge in [0.15, 0.2) is 0 Å². The molecule has 17 heavy (non-hydrogen) atoms. The van der Waals surface area contributed by atoms with Crippen LogP contribution in [0.4, 0.5) is 0 Å². The second-order valence-corrected chi connectivity index (χ2v) is 4.10. The van der Waals surface area contributed by atoms with Crippen LogP contribution >= 0.6 is 0 Å². The Morgan fingerprint density at radius 2 is 2.24 bits per heavy atom. The Labute approximate surface area is 99.3 Å². The van der Waals surface area contributed by atoms with E-state index >= 15 is 0 Å². The highest BCUT2D eigenvalue weighted by molar-refractivity contribution is 5.93. The van der Waals surface area contributed by atoms with Crippen LogP contribution in [0.3, 0.4) is 0 Å². The summed E-state index contributed by atoms with van der Waals surface area (Å²) in [5, 5.41) is 0. The maximum atomic E-state index is 11.6. The molecule has 0 N–H and O–H groups in total. The molecule has 0 saturated heterocycles. The van der Waals surface area contributed by atoms with Crippen LogP contribution in [0, 0.1) is 0 Å². The van der Waals surface area contributed by atoms with Gasteiger partial charge in [0.1, 0.15) is 11.5 Å². The van der Waals surface area contributed by atoms with Crippen molar-refractivity contribution in [2.75, 3.05) is 7.11 Å². The molecule has 1 heterocycles. The van der Waals surface area contributed by atoms with Crippen LogP contribution in [0.5, 0.6) is 5.75 Å². The predicted molar refractivity (Wildman–Crippen MR) is 62.6 cm³/mol. The molecule has 86 valence electrons. The average Bonchev–Trinajstić information content (AvgIpc) is 2.76. The first-order valence-corrected chi connectivity index (χ1v) is 5.57. The van der Waals surface area contributed by atoms with E-state index in [0.29, 0.717) is 5.57 Å². The highest BCUT2D eigenvalue weighted by Gasteiger charge is 2.34. The third-order valence-corrected chi connectivity index (χ3v) is 3.16. The van der Waals surface area contributed by atoms with Crippen LogP contribution in [0.25, 0.3) is 0 Å². The van der Waals surface area contributed by atoms with E-state index in [4.69, 9.17) is 9.47 Å². The number of carbonyl (C=O) groups is 1. The second kappa shape index (κ2) is 3.77. The molecule has 1 aromatic carbocycles. The Balaban J connectivity index is 2.10. The van der Waals surface area contributed by atoms with Gasteiger partial charge in [-0.25, -0.2) is 4.79 Å².